The Bertz CT molecular complexity index is 1150. The quantitative estimate of drug-likeness (QED) is 0.572. The maximum atomic E-state index is 12.7. The highest BCUT2D eigenvalue weighted by atomic mass is 19.4. The van der Waals surface area contributed by atoms with Crippen LogP contribution in [0.15, 0.2) is 55.0 Å². The van der Waals surface area contributed by atoms with Crippen molar-refractivity contribution in [3.8, 4) is 0 Å². The molecule has 0 saturated carbocycles. The molecule has 1 aromatic carbocycles. The smallest absolute Gasteiger partial charge is 0.369 e. The van der Waals surface area contributed by atoms with Gasteiger partial charge in [0.1, 0.15) is 23.5 Å². The van der Waals surface area contributed by atoms with Gasteiger partial charge < -0.3 is 20.0 Å². The number of alkyl halides is 3. The maximum Gasteiger partial charge on any atom is 0.433 e. The molecule has 3 heterocycles. The number of carbonyl (C=O) groups is 1. The minimum atomic E-state index is -4.48. The van der Waals surface area contributed by atoms with E-state index in [0.29, 0.717) is 17.1 Å². The van der Waals surface area contributed by atoms with E-state index in [0.717, 1.165) is 37.9 Å². The third kappa shape index (κ3) is 6.24. The van der Waals surface area contributed by atoms with Crippen molar-refractivity contribution in [3.63, 3.8) is 0 Å². The second-order valence-electron chi connectivity index (χ2n) is 8.46. The summed E-state index contributed by atoms with van der Waals surface area (Å²) in [7, 11) is 3.83. The fourth-order valence-corrected chi connectivity index (χ4v) is 3.74. The summed E-state index contributed by atoms with van der Waals surface area (Å²) in [6.07, 6.45) is -2.02. The summed E-state index contributed by atoms with van der Waals surface area (Å²) in [6.45, 7) is 4.21. The van der Waals surface area contributed by atoms with Gasteiger partial charge in [0.05, 0.1) is 0 Å². The van der Waals surface area contributed by atoms with Gasteiger partial charge in [0.15, 0.2) is 0 Å². The molecule has 2 aromatic heterocycles. The Hall–Kier alpha value is -3.73. The number of anilines is 3. The Morgan fingerprint density at radius 1 is 1.03 bits per heavy atom. The fraction of sp³-hybridized carbons (Fsp3) is 0.333. The van der Waals surface area contributed by atoms with Gasteiger partial charge in [-0.1, -0.05) is 6.07 Å². The van der Waals surface area contributed by atoms with E-state index in [9.17, 15) is 18.0 Å². The van der Waals surface area contributed by atoms with Gasteiger partial charge >= 0.3 is 6.18 Å². The molecule has 0 atom stereocenters. The van der Waals surface area contributed by atoms with Crippen LogP contribution >= 0.6 is 0 Å². The standard InChI is InChI=1S/C24H26F3N7O/c1-32-9-11-34(12-10-32)19-6-4-18(5-7-19)31-23(35)20-13-22(30-16-29-20)33(2)15-17-3-8-21(28-14-17)24(25,26)27/h3-8,13-14,16H,9-12,15H2,1-2H3,(H,31,35). The molecule has 1 aliphatic heterocycles. The molecule has 3 aromatic rings. The number of benzene rings is 1. The van der Waals surface area contributed by atoms with Crippen LogP contribution in [0.2, 0.25) is 0 Å². The van der Waals surface area contributed by atoms with Crippen molar-refractivity contribution in [1.29, 1.82) is 0 Å². The van der Waals surface area contributed by atoms with Crippen LogP contribution in [0.3, 0.4) is 0 Å². The van der Waals surface area contributed by atoms with Gasteiger partial charge in [-0.25, -0.2) is 9.97 Å². The van der Waals surface area contributed by atoms with Crippen LogP contribution in [-0.2, 0) is 12.7 Å². The average Bonchev–Trinajstić information content (AvgIpc) is 2.85. The van der Waals surface area contributed by atoms with Crippen LogP contribution < -0.4 is 15.1 Å². The zero-order valence-corrected chi connectivity index (χ0v) is 19.5. The second-order valence-corrected chi connectivity index (χ2v) is 8.46. The zero-order chi connectivity index (χ0) is 25.0. The number of pyridine rings is 1. The SMILES string of the molecule is CN1CCN(c2ccc(NC(=O)c3cc(N(C)Cc4ccc(C(F)(F)F)nc4)ncn3)cc2)CC1. The zero-order valence-electron chi connectivity index (χ0n) is 19.5. The van der Waals surface area contributed by atoms with E-state index in [1.54, 1.807) is 11.9 Å². The minimum Gasteiger partial charge on any atom is -0.369 e. The molecule has 35 heavy (non-hydrogen) atoms. The van der Waals surface area contributed by atoms with E-state index < -0.39 is 11.9 Å². The summed E-state index contributed by atoms with van der Waals surface area (Å²) in [5.41, 5.74) is 1.57. The van der Waals surface area contributed by atoms with Crippen molar-refractivity contribution in [2.24, 2.45) is 0 Å². The lowest BCUT2D eigenvalue weighted by Crippen LogP contribution is -2.44. The van der Waals surface area contributed by atoms with E-state index in [1.807, 2.05) is 24.3 Å². The van der Waals surface area contributed by atoms with Gasteiger partial charge in [0.25, 0.3) is 5.91 Å². The van der Waals surface area contributed by atoms with Gasteiger partial charge in [-0.3, -0.25) is 9.78 Å². The number of nitrogens with one attached hydrogen (secondary N) is 1. The summed E-state index contributed by atoms with van der Waals surface area (Å²) >= 11 is 0. The van der Waals surface area contributed by atoms with Crippen molar-refractivity contribution in [2.75, 3.05) is 55.4 Å². The lowest BCUT2D eigenvalue weighted by atomic mass is 10.2. The number of hydrogen-bond donors (Lipinski definition) is 1. The first-order valence-corrected chi connectivity index (χ1v) is 11.1. The van der Waals surface area contributed by atoms with Gasteiger partial charge in [-0.2, -0.15) is 13.2 Å². The fourth-order valence-electron chi connectivity index (χ4n) is 3.74. The van der Waals surface area contributed by atoms with Crippen LogP contribution in [0, 0.1) is 0 Å². The lowest BCUT2D eigenvalue weighted by Gasteiger charge is -2.34. The minimum absolute atomic E-state index is 0.176. The maximum absolute atomic E-state index is 12.7. The summed E-state index contributed by atoms with van der Waals surface area (Å²) in [5.74, 6) is 0.0704. The van der Waals surface area contributed by atoms with Gasteiger partial charge in [0, 0.05) is 63.4 Å². The number of piperazine rings is 1. The van der Waals surface area contributed by atoms with Crippen molar-refractivity contribution in [1.82, 2.24) is 19.9 Å². The normalized spacial score (nSPS) is 14.6. The molecule has 11 heteroatoms. The Morgan fingerprint density at radius 3 is 2.37 bits per heavy atom. The molecule has 1 fully saturated rings. The number of halogens is 3. The molecule has 1 aliphatic rings. The summed E-state index contributed by atoms with van der Waals surface area (Å²) in [4.78, 5) is 30.8. The third-order valence-electron chi connectivity index (χ3n) is 5.80. The molecule has 1 saturated heterocycles. The van der Waals surface area contributed by atoms with E-state index in [4.69, 9.17) is 0 Å². The highest BCUT2D eigenvalue weighted by Gasteiger charge is 2.32. The van der Waals surface area contributed by atoms with E-state index >= 15 is 0 Å². The van der Waals surface area contributed by atoms with E-state index in [-0.39, 0.29) is 18.1 Å². The number of rotatable bonds is 6. The largest absolute Gasteiger partial charge is 0.433 e. The van der Waals surface area contributed by atoms with Crippen LogP contribution in [0.4, 0.5) is 30.4 Å². The van der Waals surface area contributed by atoms with Crippen molar-refractivity contribution < 1.29 is 18.0 Å². The molecule has 0 aliphatic carbocycles. The number of nitrogens with zero attached hydrogens (tertiary/aromatic N) is 6. The molecular weight excluding hydrogens is 459 g/mol. The molecule has 1 amide bonds. The molecule has 8 nitrogen and oxygen atoms in total. The predicted molar refractivity (Wildman–Crippen MR) is 127 cm³/mol. The Morgan fingerprint density at radius 2 is 1.74 bits per heavy atom. The van der Waals surface area contributed by atoms with Crippen molar-refractivity contribution in [3.05, 3.63) is 71.9 Å². The molecule has 0 bridgehead atoms. The topological polar surface area (TPSA) is 77.5 Å². The predicted octanol–water partition coefficient (Wildman–Crippen LogP) is 3.53. The summed E-state index contributed by atoms with van der Waals surface area (Å²) < 4.78 is 38.1. The number of amides is 1. The highest BCUT2D eigenvalue weighted by Crippen LogP contribution is 2.27. The number of carbonyl (C=O) groups excluding carboxylic acids is 1. The van der Waals surface area contributed by atoms with E-state index in [2.05, 4.69) is 37.1 Å². The van der Waals surface area contributed by atoms with Gasteiger partial charge in [-0.15, -0.1) is 0 Å². The van der Waals surface area contributed by atoms with Gasteiger partial charge in [-0.05, 0) is 42.9 Å². The molecule has 184 valence electrons. The molecular formula is C24H26F3N7O. The molecule has 1 N–H and O–H groups in total. The van der Waals surface area contributed by atoms with Crippen LogP contribution in [0.25, 0.3) is 0 Å². The van der Waals surface area contributed by atoms with Crippen LogP contribution in [0.1, 0.15) is 21.7 Å². The van der Waals surface area contributed by atoms with E-state index in [1.165, 1.54) is 24.7 Å². The Labute approximate surface area is 201 Å². The number of aromatic nitrogens is 3. The van der Waals surface area contributed by atoms with Crippen LogP contribution in [0.5, 0.6) is 0 Å². The Kier molecular flexibility index (Phi) is 7.15. The lowest BCUT2D eigenvalue weighted by molar-refractivity contribution is -0.141. The summed E-state index contributed by atoms with van der Waals surface area (Å²) in [5, 5.41) is 2.84. The number of likely N-dealkylation sites (N-methyl/N-ethyl adjacent to an activating group) is 1. The monoisotopic (exact) mass is 485 g/mol. The Balaban J connectivity index is 1.37. The average molecular weight is 486 g/mol. The molecule has 0 unspecified atom stereocenters. The number of hydrogen-bond acceptors (Lipinski definition) is 7. The highest BCUT2D eigenvalue weighted by molar-refractivity contribution is 6.03. The first-order chi connectivity index (χ1) is 16.7. The molecule has 4 rings (SSSR count). The molecule has 0 radical (unpaired) electrons. The first-order valence-electron chi connectivity index (χ1n) is 11.1. The third-order valence-corrected chi connectivity index (χ3v) is 5.80. The van der Waals surface area contributed by atoms with Crippen molar-refractivity contribution in [2.45, 2.75) is 12.7 Å². The molecule has 0 spiro atoms. The second kappa shape index (κ2) is 10.3. The van der Waals surface area contributed by atoms with Crippen LogP contribution in [-0.4, -0.2) is 66.0 Å². The van der Waals surface area contributed by atoms with Gasteiger partial charge in [0.2, 0.25) is 0 Å². The summed E-state index contributed by atoms with van der Waals surface area (Å²) in [6, 6.07) is 11.5. The van der Waals surface area contributed by atoms with Crippen molar-refractivity contribution >= 4 is 23.1 Å². The first kappa shape index (κ1) is 24.4.